The molecule has 23 heavy (non-hydrogen) atoms. The first kappa shape index (κ1) is 16.1. The number of phenolic OH excluding ortho intramolecular Hbond substituents is 1. The Hall–Kier alpha value is -1.80. The van der Waals surface area contributed by atoms with E-state index >= 15 is 0 Å². The molecule has 2 aromatic rings. The molecule has 0 spiro atoms. The summed E-state index contributed by atoms with van der Waals surface area (Å²) in [5, 5.41) is 9.39. The van der Waals surface area contributed by atoms with Crippen molar-refractivity contribution in [2.45, 2.75) is 38.0 Å². The molecule has 0 aliphatic carbocycles. The SMILES string of the molecule is Oc1ccc(C2CCN(CCCCCc3ccccc3)C2)cc1. The summed E-state index contributed by atoms with van der Waals surface area (Å²) in [6.45, 7) is 3.61. The van der Waals surface area contributed by atoms with Crippen LogP contribution in [-0.2, 0) is 6.42 Å². The van der Waals surface area contributed by atoms with Crippen LogP contribution in [0.15, 0.2) is 54.6 Å². The fourth-order valence-electron chi connectivity index (χ4n) is 3.54. The first-order valence-corrected chi connectivity index (χ1v) is 8.86. The van der Waals surface area contributed by atoms with Crippen LogP contribution in [0.25, 0.3) is 0 Å². The summed E-state index contributed by atoms with van der Waals surface area (Å²) in [7, 11) is 0. The lowest BCUT2D eigenvalue weighted by Gasteiger charge is -2.16. The van der Waals surface area contributed by atoms with Gasteiger partial charge in [0, 0.05) is 6.54 Å². The molecule has 1 N–H and O–H groups in total. The van der Waals surface area contributed by atoms with E-state index in [2.05, 4.69) is 47.4 Å². The minimum atomic E-state index is 0.363. The highest BCUT2D eigenvalue weighted by Crippen LogP contribution is 2.28. The number of hydrogen-bond donors (Lipinski definition) is 1. The number of phenols is 1. The Morgan fingerprint density at radius 2 is 1.70 bits per heavy atom. The average molecular weight is 309 g/mol. The van der Waals surface area contributed by atoms with E-state index in [1.807, 2.05) is 12.1 Å². The third-order valence-electron chi connectivity index (χ3n) is 4.92. The van der Waals surface area contributed by atoms with E-state index in [0.29, 0.717) is 11.7 Å². The Bertz CT molecular complexity index is 579. The first-order chi connectivity index (χ1) is 11.3. The van der Waals surface area contributed by atoms with Gasteiger partial charge < -0.3 is 10.0 Å². The average Bonchev–Trinajstić information content (AvgIpc) is 3.05. The van der Waals surface area contributed by atoms with Crippen molar-refractivity contribution in [1.82, 2.24) is 4.90 Å². The molecule has 1 aliphatic rings. The van der Waals surface area contributed by atoms with Crippen molar-refractivity contribution in [2.24, 2.45) is 0 Å². The minimum Gasteiger partial charge on any atom is -0.508 e. The van der Waals surface area contributed by atoms with Gasteiger partial charge in [-0.05, 0) is 68.0 Å². The highest BCUT2D eigenvalue weighted by molar-refractivity contribution is 5.29. The fraction of sp³-hybridized carbons (Fsp3) is 0.429. The summed E-state index contributed by atoms with van der Waals surface area (Å²) >= 11 is 0. The largest absolute Gasteiger partial charge is 0.508 e. The number of rotatable bonds is 7. The molecule has 1 heterocycles. The van der Waals surface area contributed by atoms with Crippen LogP contribution in [0.2, 0.25) is 0 Å². The number of nitrogens with zero attached hydrogens (tertiary/aromatic N) is 1. The molecule has 2 heteroatoms. The second kappa shape index (κ2) is 8.16. The van der Waals surface area contributed by atoms with Gasteiger partial charge in [-0.15, -0.1) is 0 Å². The molecule has 1 saturated heterocycles. The normalized spacial score (nSPS) is 18.3. The molecule has 1 fully saturated rings. The molecule has 0 amide bonds. The second-order valence-corrected chi connectivity index (χ2v) is 6.67. The third kappa shape index (κ3) is 4.84. The quantitative estimate of drug-likeness (QED) is 0.756. The maximum Gasteiger partial charge on any atom is 0.115 e. The van der Waals surface area contributed by atoms with Gasteiger partial charge in [0.2, 0.25) is 0 Å². The Labute approximate surface area is 139 Å². The monoisotopic (exact) mass is 309 g/mol. The lowest BCUT2D eigenvalue weighted by molar-refractivity contribution is 0.324. The smallest absolute Gasteiger partial charge is 0.115 e. The number of benzene rings is 2. The predicted octanol–water partition coefficient (Wildman–Crippen LogP) is 4.59. The Morgan fingerprint density at radius 1 is 0.913 bits per heavy atom. The van der Waals surface area contributed by atoms with Crippen molar-refractivity contribution >= 4 is 0 Å². The molecule has 122 valence electrons. The van der Waals surface area contributed by atoms with Crippen LogP contribution in [0, 0.1) is 0 Å². The Balaban J connectivity index is 1.33. The van der Waals surface area contributed by atoms with Gasteiger partial charge >= 0.3 is 0 Å². The van der Waals surface area contributed by atoms with E-state index in [4.69, 9.17) is 0 Å². The summed E-state index contributed by atoms with van der Waals surface area (Å²) in [5.41, 5.74) is 2.83. The van der Waals surface area contributed by atoms with Crippen LogP contribution in [-0.4, -0.2) is 29.6 Å². The van der Waals surface area contributed by atoms with E-state index in [9.17, 15) is 5.11 Å². The number of likely N-dealkylation sites (tertiary alicyclic amines) is 1. The minimum absolute atomic E-state index is 0.363. The number of hydrogen-bond acceptors (Lipinski definition) is 2. The molecule has 1 atom stereocenters. The summed E-state index contributed by atoms with van der Waals surface area (Å²) in [6.07, 6.45) is 6.36. The van der Waals surface area contributed by atoms with E-state index in [1.165, 1.54) is 62.9 Å². The summed E-state index contributed by atoms with van der Waals surface area (Å²) in [6, 6.07) is 18.6. The van der Waals surface area contributed by atoms with E-state index in [-0.39, 0.29) is 0 Å². The van der Waals surface area contributed by atoms with Crippen molar-refractivity contribution in [2.75, 3.05) is 19.6 Å². The van der Waals surface area contributed by atoms with Crippen molar-refractivity contribution in [1.29, 1.82) is 0 Å². The zero-order valence-corrected chi connectivity index (χ0v) is 13.8. The van der Waals surface area contributed by atoms with E-state index in [1.54, 1.807) is 0 Å². The molecule has 0 aromatic heterocycles. The molecular weight excluding hydrogens is 282 g/mol. The fourth-order valence-corrected chi connectivity index (χ4v) is 3.54. The maximum absolute atomic E-state index is 9.39. The van der Waals surface area contributed by atoms with E-state index in [0.717, 1.165) is 0 Å². The number of aryl methyl sites for hydroxylation is 1. The molecule has 3 rings (SSSR count). The van der Waals surface area contributed by atoms with Gasteiger partial charge in [0.05, 0.1) is 0 Å². The van der Waals surface area contributed by atoms with Crippen LogP contribution in [0.5, 0.6) is 5.75 Å². The zero-order valence-electron chi connectivity index (χ0n) is 13.8. The van der Waals surface area contributed by atoms with Gasteiger partial charge in [-0.2, -0.15) is 0 Å². The molecule has 2 nitrogen and oxygen atoms in total. The van der Waals surface area contributed by atoms with Crippen molar-refractivity contribution in [3.8, 4) is 5.75 Å². The molecule has 0 saturated carbocycles. The van der Waals surface area contributed by atoms with E-state index < -0.39 is 0 Å². The molecule has 1 aliphatic heterocycles. The Kier molecular flexibility index (Phi) is 5.71. The maximum atomic E-state index is 9.39. The summed E-state index contributed by atoms with van der Waals surface area (Å²) in [4.78, 5) is 2.60. The zero-order chi connectivity index (χ0) is 15.9. The third-order valence-corrected chi connectivity index (χ3v) is 4.92. The molecular formula is C21H27NO. The second-order valence-electron chi connectivity index (χ2n) is 6.67. The first-order valence-electron chi connectivity index (χ1n) is 8.86. The Morgan fingerprint density at radius 3 is 2.48 bits per heavy atom. The predicted molar refractivity (Wildman–Crippen MR) is 95.9 cm³/mol. The van der Waals surface area contributed by atoms with Crippen LogP contribution < -0.4 is 0 Å². The lowest BCUT2D eigenvalue weighted by atomic mass is 9.98. The topological polar surface area (TPSA) is 23.5 Å². The van der Waals surface area contributed by atoms with Gasteiger partial charge in [0.25, 0.3) is 0 Å². The van der Waals surface area contributed by atoms with Gasteiger partial charge in [-0.3, -0.25) is 0 Å². The van der Waals surface area contributed by atoms with Gasteiger partial charge in [0.15, 0.2) is 0 Å². The highest BCUT2D eigenvalue weighted by Gasteiger charge is 2.23. The lowest BCUT2D eigenvalue weighted by Crippen LogP contribution is -2.21. The number of unbranched alkanes of at least 4 members (excludes halogenated alkanes) is 2. The van der Waals surface area contributed by atoms with Crippen LogP contribution in [0.4, 0.5) is 0 Å². The molecule has 0 radical (unpaired) electrons. The van der Waals surface area contributed by atoms with Crippen LogP contribution >= 0.6 is 0 Å². The number of aromatic hydroxyl groups is 1. The van der Waals surface area contributed by atoms with Crippen molar-refractivity contribution < 1.29 is 5.11 Å². The van der Waals surface area contributed by atoms with Crippen molar-refractivity contribution in [3.05, 3.63) is 65.7 Å². The van der Waals surface area contributed by atoms with Crippen LogP contribution in [0.1, 0.15) is 42.7 Å². The van der Waals surface area contributed by atoms with Crippen molar-refractivity contribution in [3.63, 3.8) is 0 Å². The van der Waals surface area contributed by atoms with Gasteiger partial charge in [0.1, 0.15) is 5.75 Å². The summed E-state index contributed by atoms with van der Waals surface area (Å²) < 4.78 is 0. The molecule has 1 unspecified atom stereocenters. The summed E-state index contributed by atoms with van der Waals surface area (Å²) in [5.74, 6) is 1.00. The van der Waals surface area contributed by atoms with Gasteiger partial charge in [-0.1, -0.05) is 48.9 Å². The molecule has 0 bridgehead atoms. The standard InChI is InChI=1S/C21H27NO/c23-21-12-10-19(11-13-21)20-14-16-22(17-20)15-6-2-5-9-18-7-3-1-4-8-18/h1,3-4,7-8,10-13,20,23H,2,5-6,9,14-17H2. The highest BCUT2D eigenvalue weighted by atomic mass is 16.3. The van der Waals surface area contributed by atoms with Crippen LogP contribution in [0.3, 0.4) is 0 Å². The molecule has 2 aromatic carbocycles. The van der Waals surface area contributed by atoms with Gasteiger partial charge in [-0.25, -0.2) is 0 Å².